The first-order valence-corrected chi connectivity index (χ1v) is 7.18. The van der Waals surface area contributed by atoms with Crippen LogP contribution in [0, 0.1) is 13.8 Å². The Balaban J connectivity index is 1.98. The van der Waals surface area contributed by atoms with E-state index in [9.17, 15) is 0 Å². The number of nitrogens with zero attached hydrogens (tertiary/aromatic N) is 3. The summed E-state index contributed by atoms with van der Waals surface area (Å²) in [5, 5.41) is 9.22. The minimum atomic E-state index is 0.186. The van der Waals surface area contributed by atoms with Gasteiger partial charge in [0.2, 0.25) is 0 Å². The lowest BCUT2D eigenvalue weighted by atomic mass is 10.1. The van der Waals surface area contributed by atoms with Crippen LogP contribution in [0.5, 0.6) is 0 Å². The maximum absolute atomic E-state index is 4.50. The van der Waals surface area contributed by atoms with Gasteiger partial charge in [-0.15, -0.1) is 0 Å². The molecule has 0 aliphatic carbocycles. The van der Waals surface area contributed by atoms with Gasteiger partial charge in [-0.3, -0.25) is 9.67 Å². The summed E-state index contributed by atoms with van der Waals surface area (Å²) < 4.78 is 1.93. The summed E-state index contributed by atoms with van der Waals surface area (Å²) in [5.41, 5.74) is 5.59. The monoisotopic (exact) mass is 280 g/mol. The van der Waals surface area contributed by atoms with E-state index in [1.54, 1.807) is 0 Å². The van der Waals surface area contributed by atoms with Crippen molar-refractivity contribution in [3.05, 3.63) is 53.5 Å². The fraction of sp³-hybridized carbons (Fsp3) is 0.294. The molecule has 2 heterocycles. The molecule has 1 atom stereocenters. The van der Waals surface area contributed by atoms with Crippen LogP contribution in [-0.2, 0) is 7.05 Å². The van der Waals surface area contributed by atoms with Crippen molar-refractivity contribution in [3.8, 4) is 0 Å². The number of pyridine rings is 1. The van der Waals surface area contributed by atoms with Gasteiger partial charge in [0.05, 0.1) is 22.9 Å². The van der Waals surface area contributed by atoms with Gasteiger partial charge in [0, 0.05) is 29.9 Å². The molecule has 0 bridgehead atoms. The van der Waals surface area contributed by atoms with Crippen molar-refractivity contribution in [2.45, 2.75) is 26.8 Å². The summed E-state index contributed by atoms with van der Waals surface area (Å²) in [6.45, 7) is 6.33. The smallest absolute Gasteiger partial charge is 0.0933 e. The lowest BCUT2D eigenvalue weighted by Gasteiger charge is -2.17. The number of nitrogens with one attached hydrogen (secondary N) is 1. The van der Waals surface area contributed by atoms with Crippen molar-refractivity contribution < 1.29 is 0 Å². The number of benzene rings is 1. The molecule has 2 aromatic heterocycles. The molecule has 0 saturated carbocycles. The lowest BCUT2D eigenvalue weighted by Crippen LogP contribution is -2.09. The van der Waals surface area contributed by atoms with E-state index in [1.807, 2.05) is 24.0 Å². The first-order chi connectivity index (χ1) is 10.1. The molecule has 0 aliphatic heterocycles. The van der Waals surface area contributed by atoms with Gasteiger partial charge < -0.3 is 5.32 Å². The van der Waals surface area contributed by atoms with Crippen molar-refractivity contribution in [2.75, 3.05) is 5.32 Å². The number of aryl methyl sites for hydroxylation is 2. The van der Waals surface area contributed by atoms with Crippen LogP contribution in [0.15, 0.2) is 36.5 Å². The van der Waals surface area contributed by atoms with Gasteiger partial charge in [0.15, 0.2) is 0 Å². The van der Waals surface area contributed by atoms with E-state index >= 15 is 0 Å². The Labute approximate surface area is 124 Å². The molecule has 4 heteroatoms. The van der Waals surface area contributed by atoms with Gasteiger partial charge in [0.25, 0.3) is 0 Å². The molecule has 4 nitrogen and oxygen atoms in total. The Morgan fingerprint density at radius 1 is 1.14 bits per heavy atom. The van der Waals surface area contributed by atoms with Crippen LogP contribution in [0.2, 0.25) is 0 Å². The zero-order valence-corrected chi connectivity index (χ0v) is 12.9. The Hall–Kier alpha value is -2.36. The van der Waals surface area contributed by atoms with Gasteiger partial charge in [-0.2, -0.15) is 5.10 Å². The summed E-state index contributed by atoms with van der Waals surface area (Å²) in [6, 6.07) is 10.4. The highest BCUT2D eigenvalue weighted by atomic mass is 15.3. The third-order valence-corrected chi connectivity index (χ3v) is 4.00. The molecule has 0 saturated heterocycles. The van der Waals surface area contributed by atoms with Crippen molar-refractivity contribution in [3.63, 3.8) is 0 Å². The molecule has 3 rings (SSSR count). The van der Waals surface area contributed by atoms with Crippen molar-refractivity contribution in [1.82, 2.24) is 14.8 Å². The van der Waals surface area contributed by atoms with Crippen molar-refractivity contribution >= 4 is 16.6 Å². The summed E-state index contributed by atoms with van der Waals surface area (Å²) in [5.74, 6) is 0. The van der Waals surface area contributed by atoms with E-state index in [1.165, 1.54) is 11.3 Å². The molecule has 0 fully saturated rings. The quantitative estimate of drug-likeness (QED) is 0.794. The van der Waals surface area contributed by atoms with E-state index < -0.39 is 0 Å². The summed E-state index contributed by atoms with van der Waals surface area (Å²) >= 11 is 0. The van der Waals surface area contributed by atoms with Crippen LogP contribution in [-0.4, -0.2) is 14.8 Å². The van der Waals surface area contributed by atoms with Crippen LogP contribution >= 0.6 is 0 Å². The number of fused-ring (bicyclic) bond motifs is 1. The Bertz CT molecular complexity index is 783. The lowest BCUT2D eigenvalue weighted by molar-refractivity contribution is 0.728. The summed E-state index contributed by atoms with van der Waals surface area (Å²) in [6.07, 6.45) is 1.83. The van der Waals surface area contributed by atoms with Crippen molar-refractivity contribution in [2.24, 2.45) is 7.05 Å². The number of hydrogen-bond acceptors (Lipinski definition) is 3. The Morgan fingerprint density at radius 2 is 1.90 bits per heavy atom. The standard InChI is InChI=1S/C17H20N4/c1-11(16-12(2)20-21(4)13(16)3)19-15-9-5-7-14-8-6-10-18-17(14)15/h5-11,19H,1-4H3. The minimum Gasteiger partial charge on any atom is -0.377 e. The van der Waals surface area contributed by atoms with Crippen molar-refractivity contribution in [1.29, 1.82) is 0 Å². The molecule has 3 aromatic rings. The topological polar surface area (TPSA) is 42.7 Å². The predicted octanol–water partition coefficient (Wildman–Crippen LogP) is 3.76. The maximum atomic E-state index is 4.50. The van der Waals surface area contributed by atoms with Gasteiger partial charge in [-0.05, 0) is 32.9 Å². The molecule has 1 unspecified atom stereocenters. The van der Waals surface area contributed by atoms with Gasteiger partial charge >= 0.3 is 0 Å². The van der Waals surface area contributed by atoms with Gasteiger partial charge in [-0.25, -0.2) is 0 Å². The van der Waals surface area contributed by atoms with Crippen LogP contribution in [0.4, 0.5) is 5.69 Å². The second-order valence-corrected chi connectivity index (χ2v) is 5.45. The molecule has 108 valence electrons. The highest BCUT2D eigenvalue weighted by Gasteiger charge is 2.16. The average Bonchev–Trinajstić information content (AvgIpc) is 2.72. The van der Waals surface area contributed by atoms with Crippen LogP contribution < -0.4 is 5.32 Å². The zero-order chi connectivity index (χ0) is 15.0. The first-order valence-electron chi connectivity index (χ1n) is 7.18. The normalized spacial score (nSPS) is 12.6. The second kappa shape index (κ2) is 5.20. The molecule has 1 N–H and O–H groups in total. The predicted molar refractivity (Wildman–Crippen MR) is 86.5 cm³/mol. The second-order valence-electron chi connectivity index (χ2n) is 5.45. The summed E-state index contributed by atoms with van der Waals surface area (Å²) in [7, 11) is 1.98. The molecule has 0 amide bonds. The van der Waals surface area contributed by atoms with E-state index in [-0.39, 0.29) is 6.04 Å². The number of hydrogen-bond donors (Lipinski definition) is 1. The Kier molecular flexibility index (Phi) is 3.37. The molecular weight excluding hydrogens is 260 g/mol. The molecule has 0 radical (unpaired) electrons. The van der Waals surface area contributed by atoms with E-state index in [0.29, 0.717) is 0 Å². The third-order valence-electron chi connectivity index (χ3n) is 4.00. The number of para-hydroxylation sites is 1. The third kappa shape index (κ3) is 2.37. The molecular formula is C17H20N4. The number of aromatic nitrogens is 3. The fourth-order valence-corrected chi connectivity index (χ4v) is 2.94. The highest BCUT2D eigenvalue weighted by molar-refractivity contribution is 5.90. The molecule has 1 aromatic carbocycles. The average molecular weight is 280 g/mol. The zero-order valence-electron chi connectivity index (χ0n) is 12.9. The minimum absolute atomic E-state index is 0.186. The molecule has 0 aliphatic rings. The first kappa shape index (κ1) is 13.6. The van der Waals surface area contributed by atoms with E-state index in [2.05, 4.69) is 60.4 Å². The number of anilines is 1. The van der Waals surface area contributed by atoms with Crippen LogP contribution in [0.25, 0.3) is 10.9 Å². The van der Waals surface area contributed by atoms with Crippen LogP contribution in [0.3, 0.4) is 0 Å². The number of rotatable bonds is 3. The SMILES string of the molecule is Cc1nn(C)c(C)c1C(C)Nc1cccc2cccnc12. The van der Waals surface area contributed by atoms with E-state index in [4.69, 9.17) is 0 Å². The summed E-state index contributed by atoms with van der Waals surface area (Å²) in [4.78, 5) is 4.49. The van der Waals surface area contributed by atoms with Gasteiger partial charge in [0.1, 0.15) is 0 Å². The maximum Gasteiger partial charge on any atom is 0.0933 e. The largest absolute Gasteiger partial charge is 0.377 e. The van der Waals surface area contributed by atoms with Crippen LogP contribution in [0.1, 0.15) is 29.9 Å². The molecule has 21 heavy (non-hydrogen) atoms. The van der Waals surface area contributed by atoms with Gasteiger partial charge in [-0.1, -0.05) is 18.2 Å². The molecule has 0 spiro atoms. The van der Waals surface area contributed by atoms with E-state index in [0.717, 1.165) is 22.3 Å². The highest BCUT2D eigenvalue weighted by Crippen LogP contribution is 2.28. The Morgan fingerprint density at radius 3 is 2.62 bits per heavy atom. The fourth-order valence-electron chi connectivity index (χ4n) is 2.94.